The van der Waals surface area contributed by atoms with E-state index >= 15 is 0 Å². The average Bonchev–Trinajstić information content (AvgIpc) is 3.07. The number of rotatable bonds is 2. The van der Waals surface area contributed by atoms with Crippen LogP contribution in [0, 0.1) is 0 Å². The van der Waals surface area contributed by atoms with E-state index in [1.807, 2.05) is 36.4 Å². The molecule has 1 unspecified atom stereocenters. The topological polar surface area (TPSA) is 35.8 Å². The minimum absolute atomic E-state index is 0.574. The molecule has 0 radical (unpaired) electrons. The van der Waals surface area contributed by atoms with E-state index in [1.54, 1.807) is 11.8 Å². The van der Waals surface area contributed by atoms with Crippen molar-refractivity contribution in [2.75, 3.05) is 18.0 Å². The highest BCUT2D eigenvalue weighted by molar-refractivity contribution is 8.14. The smallest absolute Gasteiger partial charge is 0.168 e. The molecule has 0 saturated carbocycles. The Morgan fingerprint density at radius 1 is 1.10 bits per heavy atom. The first-order chi connectivity index (χ1) is 9.83. The van der Waals surface area contributed by atoms with Crippen molar-refractivity contribution in [3.63, 3.8) is 0 Å². The molecule has 0 fully saturated rings. The molecule has 2 heterocycles. The van der Waals surface area contributed by atoms with Crippen LogP contribution in [0.25, 0.3) is 0 Å². The number of aliphatic hydroxyl groups excluding tert-OH is 1. The SMILES string of the molecule is OC(c1ccccc1)c1ccc2c(c1)N1CCN=C1S2. The van der Waals surface area contributed by atoms with Gasteiger partial charge in [-0.2, -0.15) is 0 Å². The second-order valence-corrected chi connectivity index (χ2v) is 5.97. The summed E-state index contributed by atoms with van der Waals surface area (Å²) in [6.07, 6.45) is -0.574. The molecule has 0 amide bonds. The van der Waals surface area contributed by atoms with Gasteiger partial charge in [0.1, 0.15) is 6.10 Å². The minimum atomic E-state index is -0.574. The summed E-state index contributed by atoms with van der Waals surface area (Å²) in [6, 6.07) is 16.0. The first-order valence-electron chi connectivity index (χ1n) is 6.70. The Kier molecular flexibility index (Phi) is 2.79. The van der Waals surface area contributed by atoms with Crippen molar-refractivity contribution in [1.82, 2.24) is 0 Å². The summed E-state index contributed by atoms with van der Waals surface area (Å²) in [6.45, 7) is 1.81. The Morgan fingerprint density at radius 2 is 1.95 bits per heavy atom. The fraction of sp³-hybridized carbons (Fsp3) is 0.188. The second kappa shape index (κ2) is 4.65. The van der Waals surface area contributed by atoms with Crippen molar-refractivity contribution >= 4 is 22.6 Å². The molecule has 0 aromatic heterocycles. The highest BCUT2D eigenvalue weighted by Crippen LogP contribution is 2.43. The van der Waals surface area contributed by atoms with Gasteiger partial charge in [-0.3, -0.25) is 4.99 Å². The molecule has 0 saturated heterocycles. The molecule has 100 valence electrons. The Hall–Kier alpha value is -1.78. The van der Waals surface area contributed by atoms with Gasteiger partial charge in [0.25, 0.3) is 0 Å². The summed E-state index contributed by atoms with van der Waals surface area (Å²) >= 11 is 1.72. The number of amidine groups is 1. The number of nitrogens with zero attached hydrogens (tertiary/aromatic N) is 2. The van der Waals surface area contributed by atoms with Gasteiger partial charge in [0.05, 0.1) is 12.2 Å². The third kappa shape index (κ3) is 1.84. The number of thioether (sulfide) groups is 1. The van der Waals surface area contributed by atoms with Gasteiger partial charge in [-0.1, -0.05) is 36.4 Å². The van der Waals surface area contributed by atoms with Gasteiger partial charge in [-0.05, 0) is 35.0 Å². The molecule has 1 atom stereocenters. The molecule has 0 aliphatic carbocycles. The lowest BCUT2D eigenvalue weighted by molar-refractivity contribution is 0.220. The molecule has 4 rings (SSSR count). The zero-order chi connectivity index (χ0) is 13.5. The highest BCUT2D eigenvalue weighted by Gasteiger charge is 2.30. The van der Waals surface area contributed by atoms with Crippen LogP contribution in [0.2, 0.25) is 0 Å². The second-order valence-electron chi connectivity index (χ2n) is 4.96. The van der Waals surface area contributed by atoms with Gasteiger partial charge in [0, 0.05) is 11.4 Å². The van der Waals surface area contributed by atoms with Crippen LogP contribution in [-0.4, -0.2) is 23.4 Å². The van der Waals surface area contributed by atoms with Crippen molar-refractivity contribution in [3.05, 3.63) is 59.7 Å². The molecule has 0 bridgehead atoms. The summed E-state index contributed by atoms with van der Waals surface area (Å²) < 4.78 is 0. The lowest BCUT2D eigenvalue weighted by atomic mass is 10.0. The fourth-order valence-corrected chi connectivity index (χ4v) is 3.73. The highest BCUT2D eigenvalue weighted by atomic mass is 32.2. The number of hydrogen-bond donors (Lipinski definition) is 1. The predicted molar refractivity (Wildman–Crippen MR) is 82.5 cm³/mol. The van der Waals surface area contributed by atoms with Crippen LogP contribution in [0.3, 0.4) is 0 Å². The van der Waals surface area contributed by atoms with Crippen molar-refractivity contribution in [2.24, 2.45) is 4.99 Å². The predicted octanol–water partition coefficient (Wildman–Crippen LogP) is 3.05. The van der Waals surface area contributed by atoms with E-state index in [2.05, 4.69) is 22.0 Å². The third-order valence-corrected chi connectivity index (χ3v) is 4.80. The normalized spacial score (nSPS) is 17.6. The number of benzene rings is 2. The molecule has 2 aromatic carbocycles. The maximum absolute atomic E-state index is 10.5. The van der Waals surface area contributed by atoms with Crippen LogP contribution in [-0.2, 0) is 0 Å². The maximum Gasteiger partial charge on any atom is 0.168 e. The number of anilines is 1. The minimum Gasteiger partial charge on any atom is -0.384 e. The third-order valence-electron chi connectivity index (χ3n) is 3.71. The molecule has 2 aliphatic rings. The van der Waals surface area contributed by atoms with Gasteiger partial charge in [0.15, 0.2) is 5.17 Å². The summed E-state index contributed by atoms with van der Waals surface area (Å²) in [5, 5.41) is 11.6. The summed E-state index contributed by atoms with van der Waals surface area (Å²) in [5.41, 5.74) is 3.04. The monoisotopic (exact) mass is 282 g/mol. The molecule has 0 spiro atoms. The Bertz CT molecular complexity index is 684. The zero-order valence-corrected chi connectivity index (χ0v) is 11.7. The molecule has 20 heavy (non-hydrogen) atoms. The van der Waals surface area contributed by atoms with Gasteiger partial charge in [-0.15, -0.1) is 0 Å². The van der Waals surface area contributed by atoms with E-state index in [4.69, 9.17) is 0 Å². The van der Waals surface area contributed by atoms with E-state index in [9.17, 15) is 5.11 Å². The largest absolute Gasteiger partial charge is 0.384 e. The molecular formula is C16H14N2OS. The van der Waals surface area contributed by atoms with E-state index in [1.165, 1.54) is 10.6 Å². The van der Waals surface area contributed by atoms with Crippen LogP contribution in [0.5, 0.6) is 0 Å². The van der Waals surface area contributed by atoms with Gasteiger partial charge < -0.3 is 10.0 Å². The summed E-state index contributed by atoms with van der Waals surface area (Å²) in [4.78, 5) is 7.95. The number of hydrogen-bond acceptors (Lipinski definition) is 4. The lowest BCUT2D eigenvalue weighted by Gasteiger charge is -2.16. The lowest BCUT2D eigenvalue weighted by Crippen LogP contribution is -2.20. The van der Waals surface area contributed by atoms with Crippen molar-refractivity contribution in [1.29, 1.82) is 0 Å². The van der Waals surface area contributed by atoms with Crippen molar-refractivity contribution in [2.45, 2.75) is 11.0 Å². The van der Waals surface area contributed by atoms with Crippen LogP contribution in [0.15, 0.2) is 58.4 Å². The molecular weight excluding hydrogens is 268 g/mol. The quantitative estimate of drug-likeness (QED) is 0.919. The Balaban J connectivity index is 1.72. The fourth-order valence-electron chi connectivity index (χ4n) is 2.67. The standard InChI is InChI=1S/C16H14N2OS/c19-15(11-4-2-1-3-5-11)12-6-7-14-13(10-12)18-9-8-17-16(18)20-14/h1-7,10,15,19H,8-9H2. The van der Waals surface area contributed by atoms with Crippen molar-refractivity contribution in [3.8, 4) is 0 Å². The Morgan fingerprint density at radius 3 is 2.80 bits per heavy atom. The first kappa shape index (κ1) is 12.0. The zero-order valence-electron chi connectivity index (χ0n) is 10.9. The first-order valence-corrected chi connectivity index (χ1v) is 7.51. The average molecular weight is 282 g/mol. The Labute approximate surface area is 122 Å². The molecule has 2 aromatic rings. The van der Waals surface area contributed by atoms with Crippen LogP contribution in [0.4, 0.5) is 5.69 Å². The van der Waals surface area contributed by atoms with Crippen LogP contribution in [0.1, 0.15) is 17.2 Å². The van der Waals surface area contributed by atoms with E-state index in [-0.39, 0.29) is 0 Å². The molecule has 3 nitrogen and oxygen atoms in total. The molecule has 1 N–H and O–H groups in total. The van der Waals surface area contributed by atoms with Crippen LogP contribution < -0.4 is 4.90 Å². The van der Waals surface area contributed by atoms with Gasteiger partial charge in [-0.25, -0.2) is 0 Å². The number of aliphatic imine (C=N–C) groups is 1. The molecule has 2 aliphatic heterocycles. The van der Waals surface area contributed by atoms with E-state index in [0.717, 1.165) is 29.4 Å². The molecule has 4 heteroatoms. The summed E-state index contributed by atoms with van der Waals surface area (Å²) in [7, 11) is 0. The van der Waals surface area contributed by atoms with Crippen molar-refractivity contribution < 1.29 is 5.11 Å². The maximum atomic E-state index is 10.5. The number of fused-ring (bicyclic) bond motifs is 3. The summed E-state index contributed by atoms with van der Waals surface area (Å²) in [5.74, 6) is 0. The van der Waals surface area contributed by atoms with Crippen LogP contribution >= 0.6 is 11.8 Å². The van der Waals surface area contributed by atoms with E-state index in [0.29, 0.717) is 0 Å². The van der Waals surface area contributed by atoms with E-state index < -0.39 is 6.10 Å². The number of aliphatic hydroxyl groups is 1. The van der Waals surface area contributed by atoms with Gasteiger partial charge >= 0.3 is 0 Å². The van der Waals surface area contributed by atoms with Gasteiger partial charge in [0.2, 0.25) is 0 Å².